The van der Waals surface area contributed by atoms with Gasteiger partial charge in [-0.05, 0) is 89.2 Å². The van der Waals surface area contributed by atoms with Gasteiger partial charge in [0.1, 0.15) is 18.2 Å². The Morgan fingerprint density at radius 3 is 2.27 bits per heavy atom. The summed E-state index contributed by atoms with van der Waals surface area (Å²) in [6, 6.07) is 31.0. The third kappa shape index (κ3) is 5.72. The fraction of sp³-hybridized carbons (Fsp3) is 0.156. The molecule has 1 heterocycles. The molecule has 1 N–H and O–H groups in total. The first-order valence-electron chi connectivity index (χ1n) is 12.4. The Hall–Kier alpha value is -4.38. The molecule has 37 heavy (non-hydrogen) atoms. The standard InChI is InChI=1S/C32H28FNO3/c1-36-31(35)9-5-8-28-29-20-25(14-19-30(29)34-32(28)24-10-15-26(33)16-11-24)23-12-17-27(18-13-23)37-21-22-6-3-2-4-7-22/h2-4,6-7,10-20,34H,5,8-9,21H2,1H3. The predicted octanol–water partition coefficient (Wildman–Crippen LogP) is 7.72. The fourth-order valence-corrected chi connectivity index (χ4v) is 4.55. The van der Waals surface area contributed by atoms with Crippen molar-refractivity contribution in [2.75, 3.05) is 7.11 Å². The van der Waals surface area contributed by atoms with E-state index >= 15 is 0 Å². The molecule has 0 radical (unpaired) electrons. The summed E-state index contributed by atoms with van der Waals surface area (Å²) in [6.07, 6.45) is 1.69. The van der Waals surface area contributed by atoms with Crippen molar-refractivity contribution in [1.29, 1.82) is 0 Å². The van der Waals surface area contributed by atoms with E-state index in [1.807, 2.05) is 42.5 Å². The molecule has 5 rings (SSSR count). The van der Waals surface area contributed by atoms with Crippen molar-refractivity contribution in [3.8, 4) is 28.1 Å². The van der Waals surface area contributed by atoms with Crippen molar-refractivity contribution in [3.05, 3.63) is 114 Å². The van der Waals surface area contributed by atoms with E-state index < -0.39 is 0 Å². The second kappa shape index (κ2) is 11.1. The third-order valence-electron chi connectivity index (χ3n) is 6.51. The van der Waals surface area contributed by atoms with Crippen LogP contribution in [0.25, 0.3) is 33.3 Å². The average molecular weight is 494 g/mol. The van der Waals surface area contributed by atoms with Crippen LogP contribution in [0.2, 0.25) is 0 Å². The Labute approximate surface area is 215 Å². The molecule has 0 saturated heterocycles. The van der Waals surface area contributed by atoms with Gasteiger partial charge >= 0.3 is 5.97 Å². The molecule has 0 bridgehead atoms. The van der Waals surface area contributed by atoms with Gasteiger partial charge < -0.3 is 14.5 Å². The molecular formula is C32H28FNO3. The molecular weight excluding hydrogens is 465 g/mol. The molecule has 0 saturated carbocycles. The Kier molecular flexibility index (Phi) is 7.31. The smallest absolute Gasteiger partial charge is 0.305 e. The number of halogens is 1. The van der Waals surface area contributed by atoms with Crippen LogP contribution in [0.3, 0.4) is 0 Å². The summed E-state index contributed by atoms with van der Waals surface area (Å²) in [5.41, 5.74) is 7.25. The van der Waals surface area contributed by atoms with Crippen LogP contribution < -0.4 is 4.74 Å². The lowest BCUT2D eigenvalue weighted by atomic mass is 9.97. The van der Waals surface area contributed by atoms with Crippen LogP contribution in [0.5, 0.6) is 5.75 Å². The number of rotatable bonds is 9. The first kappa shape index (κ1) is 24.3. The van der Waals surface area contributed by atoms with E-state index in [1.54, 1.807) is 12.1 Å². The first-order valence-corrected chi connectivity index (χ1v) is 12.4. The Morgan fingerprint density at radius 2 is 1.54 bits per heavy atom. The zero-order valence-electron chi connectivity index (χ0n) is 20.7. The molecule has 0 amide bonds. The number of carbonyl (C=O) groups is 1. The minimum absolute atomic E-state index is 0.224. The molecule has 0 unspecified atom stereocenters. The van der Waals surface area contributed by atoms with E-state index in [9.17, 15) is 9.18 Å². The molecule has 0 aliphatic carbocycles. The molecule has 4 aromatic carbocycles. The number of H-pyrrole nitrogens is 1. The van der Waals surface area contributed by atoms with Crippen LogP contribution in [0.1, 0.15) is 24.0 Å². The van der Waals surface area contributed by atoms with Crippen molar-refractivity contribution < 1.29 is 18.7 Å². The summed E-state index contributed by atoms with van der Waals surface area (Å²) in [4.78, 5) is 15.2. The number of carbonyl (C=O) groups excluding carboxylic acids is 1. The Bertz CT molecular complexity index is 1490. The van der Waals surface area contributed by atoms with E-state index in [2.05, 4.69) is 35.3 Å². The molecule has 186 valence electrons. The highest BCUT2D eigenvalue weighted by atomic mass is 19.1. The van der Waals surface area contributed by atoms with E-state index in [0.29, 0.717) is 25.9 Å². The van der Waals surface area contributed by atoms with Gasteiger partial charge in [-0.3, -0.25) is 4.79 Å². The van der Waals surface area contributed by atoms with Gasteiger partial charge in [0.05, 0.1) is 7.11 Å². The highest BCUT2D eigenvalue weighted by Crippen LogP contribution is 2.35. The number of hydrogen-bond acceptors (Lipinski definition) is 3. The van der Waals surface area contributed by atoms with Gasteiger partial charge in [0.15, 0.2) is 0 Å². The van der Waals surface area contributed by atoms with Crippen LogP contribution in [0, 0.1) is 5.82 Å². The number of aromatic amines is 1. The maximum Gasteiger partial charge on any atom is 0.305 e. The van der Waals surface area contributed by atoms with Crippen molar-refractivity contribution in [2.45, 2.75) is 25.9 Å². The fourth-order valence-electron chi connectivity index (χ4n) is 4.55. The maximum atomic E-state index is 13.6. The summed E-state index contributed by atoms with van der Waals surface area (Å²) in [5.74, 6) is 0.321. The number of methoxy groups -OCH3 is 1. The van der Waals surface area contributed by atoms with Gasteiger partial charge in [0.25, 0.3) is 0 Å². The van der Waals surface area contributed by atoms with E-state index in [1.165, 1.54) is 19.2 Å². The summed E-state index contributed by atoms with van der Waals surface area (Å²) >= 11 is 0. The number of ether oxygens (including phenoxy) is 2. The highest BCUT2D eigenvalue weighted by molar-refractivity contribution is 5.94. The molecule has 5 aromatic rings. The van der Waals surface area contributed by atoms with E-state index in [4.69, 9.17) is 9.47 Å². The Morgan fingerprint density at radius 1 is 0.838 bits per heavy atom. The van der Waals surface area contributed by atoms with Crippen LogP contribution in [0.4, 0.5) is 4.39 Å². The number of aryl methyl sites for hydroxylation is 1. The maximum absolute atomic E-state index is 13.6. The lowest BCUT2D eigenvalue weighted by Crippen LogP contribution is -2.00. The monoisotopic (exact) mass is 493 g/mol. The van der Waals surface area contributed by atoms with Crippen molar-refractivity contribution in [2.24, 2.45) is 0 Å². The van der Waals surface area contributed by atoms with Gasteiger partial charge in [-0.1, -0.05) is 48.5 Å². The van der Waals surface area contributed by atoms with Crippen molar-refractivity contribution >= 4 is 16.9 Å². The first-order chi connectivity index (χ1) is 18.1. The van der Waals surface area contributed by atoms with Crippen LogP contribution in [-0.4, -0.2) is 18.1 Å². The largest absolute Gasteiger partial charge is 0.489 e. The van der Waals surface area contributed by atoms with Crippen molar-refractivity contribution in [1.82, 2.24) is 4.98 Å². The minimum Gasteiger partial charge on any atom is -0.489 e. The lowest BCUT2D eigenvalue weighted by Gasteiger charge is -2.09. The molecule has 5 heteroatoms. The third-order valence-corrected chi connectivity index (χ3v) is 6.51. The SMILES string of the molecule is COC(=O)CCCc1c(-c2ccc(F)cc2)[nH]c2ccc(-c3ccc(OCc4ccccc4)cc3)cc12. The van der Waals surface area contributed by atoms with Crippen LogP contribution in [0.15, 0.2) is 97.1 Å². The molecule has 0 aliphatic heterocycles. The predicted molar refractivity (Wildman–Crippen MR) is 145 cm³/mol. The molecule has 0 atom stereocenters. The quantitative estimate of drug-likeness (QED) is 0.214. The van der Waals surface area contributed by atoms with Gasteiger partial charge in [0, 0.05) is 23.0 Å². The zero-order chi connectivity index (χ0) is 25.6. The number of nitrogens with one attached hydrogen (secondary N) is 1. The zero-order valence-corrected chi connectivity index (χ0v) is 20.7. The number of esters is 1. The molecule has 4 nitrogen and oxygen atoms in total. The minimum atomic E-state index is -0.273. The topological polar surface area (TPSA) is 51.3 Å². The average Bonchev–Trinajstić information content (AvgIpc) is 3.30. The van der Waals surface area contributed by atoms with Gasteiger partial charge in [-0.25, -0.2) is 4.39 Å². The summed E-state index contributed by atoms with van der Waals surface area (Å²) in [7, 11) is 1.40. The van der Waals surface area contributed by atoms with E-state index in [-0.39, 0.29) is 11.8 Å². The summed E-state index contributed by atoms with van der Waals surface area (Å²) in [6.45, 7) is 0.524. The summed E-state index contributed by atoms with van der Waals surface area (Å²) in [5, 5.41) is 1.09. The summed E-state index contributed by atoms with van der Waals surface area (Å²) < 4.78 is 24.3. The van der Waals surface area contributed by atoms with Gasteiger partial charge in [0.2, 0.25) is 0 Å². The van der Waals surface area contributed by atoms with Gasteiger partial charge in [-0.2, -0.15) is 0 Å². The van der Waals surface area contributed by atoms with E-state index in [0.717, 1.165) is 50.2 Å². The lowest BCUT2D eigenvalue weighted by molar-refractivity contribution is -0.140. The van der Waals surface area contributed by atoms with Crippen molar-refractivity contribution in [3.63, 3.8) is 0 Å². The number of hydrogen-bond donors (Lipinski definition) is 1. The normalized spacial score (nSPS) is 11.0. The van der Waals surface area contributed by atoms with Crippen LogP contribution in [-0.2, 0) is 22.6 Å². The molecule has 0 aliphatic rings. The molecule has 1 aromatic heterocycles. The second-order valence-corrected chi connectivity index (χ2v) is 8.97. The molecule has 0 spiro atoms. The Balaban J connectivity index is 1.43. The number of benzene rings is 4. The molecule has 0 fully saturated rings. The van der Waals surface area contributed by atoms with Gasteiger partial charge in [-0.15, -0.1) is 0 Å². The second-order valence-electron chi connectivity index (χ2n) is 8.97. The number of aromatic nitrogens is 1. The van der Waals surface area contributed by atoms with Crippen LogP contribution >= 0.6 is 0 Å². The highest BCUT2D eigenvalue weighted by Gasteiger charge is 2.15. The number of fused-ring (bicyclic) bond motifs is 1.